The van der Waals surface area contributed by atoms with E-state index in [1.807, 2.05) is 0 Å². The van der Waals surface area contributed by atoms with Crippen LogP contribution in [0.1, 0.15) is 5.56 Å². The van der Waals surface area contributed by atoms with Gasteiger partial charge in [0.15, 0.2) is 0 Å². The second-order valence-electron chi connectivity index (χ2n) is 2.99. The van der Waals surface area contributed by atoms with Gasteiger partial charge >= 0.3 is 121 Å². The average molecular weight is 269 g/mol. The van der Waals surface area contributed by atoms with E-state index in [4.69, 9.17) is 0 Å². The van der Waals surface area contributed by atoms with E-state index in [0.29, 0.717) is 5.60 Å². The summed E-state index contributed by atoms with van der Waals surface area (Å²) in [4.78, 5) is 3.23. The fourth-order valence-electron chi connectivity index (χ4n) is 1.38. The maximum atomic E-state index is 3.23. The van der Waals surface area contributed by atoms with Gasteiger partial charge in [0, 0.05) is 0 Å². The van der Waals surface area contributed by atoms with Gasteiger partial charge in [0.2, 0.25) is 0 Å². The molecule has 0 bridgehead atoms. The Kier molecular flexibility index (Phi) is 4.28. The summed E-state index contributed by atoms with van der Waals surface area (Å²) in [6.45, 7) is 0. The summed E-state index contributed by atoms with van der Waals surface area (Å²) in [5, 5.41) is 2.57. The molecule has 2 heteroatoms. The molecule has 0 unspecified atom stereocenters. The van der Waals surface area contributed by atoms with Crippen LogP contribution < -0.4 is 0 Å². The first-order valence-corrected chi connectivity index (χ1v) is 13.6. The van der Waals surface area contributed by atoms with Gasteiger partial charge in [-0.3, -0.25) is 0 Å². The van der Waals surface area contributed by atoms with Crippen molar-refractivity contribution in [3.05, 3.63) is 48.0 Å². The minimum atomic E-state index is 0.624. The van der Waals surface area contributed by atoms with Crippen molar-refractivity contribution in [2.45, 2.75) is 0 Å². The van der Waals surface area contributed by atoms with Crippen molar-refractivity contribution in [3.8, 4) is 10.7 Å². The van der Waals surface area contributed by atoms with Crippen molar-refractivity contribution in [2.24, 2.45) is 0 Å². The van der Waals surface area contributed by atoms with Gasteiger partial charge in [-0.1, -0.05) is 0 Å². The van der Waals surface area contributed by atoms with E-state index in [-0.39, 0.29) is 0 Å². The molecule has 0 spiro atoms. The number of hydrogen-bond donors (Lipinski definition) is 0. The van der Waals surface area contributed by atoms with Crippen LogP contribution in [0.4, 0.5) is 0 Å². The zero-order valence-corrected chi connectivity index (χ0v) is 12.8. The van der Waals surface area contributed by atoms with Crippen molar-refractivity contribution in [3.63, 3.8) is 0 Å². The summed E-state index contributed by atoms with van der Waals surface area (Å²) in [5.74, 6) is 3.21. The van der Waals surface area contributed by atoms with E-state index in [0.717, 1.165) is 50.9 Å². The van der Waals surface area contributed by atoms with Crippen molar-refractivity contribution in [1.82, 2.24) is 0 Å². The third kappa shape index (κ3) is 2.71. The normalized spacial score (nSPS) is 9.57. The summed E-state index contributed by atoms with van der Waals surface area (Å²) in [7, 11) is 0. The molecule has 0 aromatic heterocycles. The third-order valence-corrected chi connectivity index (χ3v) is 4.35. The topological polar surface area (TPSA) is 0 Å². The molecule has 0 heterocycles. The van der Waals surface area contributed by atoms with Crippen LogP contribution in [0.3, 0.4) is 0 Å². The molecule has 2 aromatic rings. The summed E-state index contributed by atoms with van der Waals surface area (Å²) in [5.41, 5.74) is 1.77. The molecule has 0 amide bonds. The molecular weight excluding hydrogens is 262 g/mol. The molecule has 0 nitrogen and oxygen atoms in total. The molecule has 0 saturated heterocycles. The number of fused-ring (bicyclic) bond motifs is 1. The summed E-state index contributed by atoms with van der Waals surface area (Å²) < 4.78 is 0. The van der Waals surface area contributed by atoms with Crippen LogP contribution in [0, 0.1) is 10.7 Å². The van der Waals surface area contributed by atoms with Gasteiger partial charge in [0.25, 0.3) is 0 Å². The van der Waals surface area contributed by atoms with Gasteiger partial charge in [0.05, 0.1) is 0 Å². The van der Waals surface area contributed by atoms with Gasteiger partial charge in [-0.2, -0.15) is 0 Å². The van der Waals surface area contributed by atoms with Crippen molar-refractivity contribution >= 4 is 61.8 Å². The number of rotatable bonds is 0. The molecular formula is C12H7KSe. The van der Waals surface area contributed by atoms with E-state index in [9.17, 15) is 0 Å². The van der Waals surface area contributed by atoms with Crippen LogP contribution in [-0.4, -0.2) is 51.0 Å². The van der Waals surface area contributed by atoms with E-state index < -0.39 is 0 Å². The predicted octanol–water partition coefficient (Wildman–Crippen LogP) is 1.94. The Morgan fingerprint density at radius 3 is 2.57 bits per heavy atom. The number of benzene rings is 2. The molecule has 2 aromatic carbocycles. The molecule has 0 aliphatic rings. The first kappa shape index (κ1) is 10.9. The van der Waals surface area contributed by atoms with Crippen molar-refractivity contribution in [1.29, 1.82) is 0 Å². The van der Waals surface area contributed by atoms with E-state index in [1.165, 1.54) is 10.8 Å². The van der Waals surface area contributed by atoms with Gasteiger partial charge in [-0.15, -0.1) is 0 Å². The van der Waals surface area contributed by atoms with Gasteiger partial charge in [-0.05, 0) is 0 Å². The Hall–Kier alpha value is 0.416. The van der Waals surface area contributed by atoms with E-state index in [1.54, 1.807) is 0 Å². The molecule has 0 aliphatic carbocycles. The molecule has 62 valence electrons. The van der Waals surface area contributed by atoms with Gasteiger partial charge < -0.3 is 0 Å². The monoisotopic (exact) mass is 270 g/mol. The number of hydrogen-bond acceptors (Lipinski definition) is 0. The fraction of sp³-hybridized carbons (Fsp3) is 0. The summed E-state index contributed by atoms with van der Waals surface area (Å²) in [6, 6.07) is 14.8. The Morgan fingerprint density at radius 1 is 1.00 bits per heavy atom. The van der Waals surface area contributed by atoms with E-state index in [2.05, 4.69) is 53.2 Å². The molecule has 0 atom stereocenters. The molecule has 14 heavy (non-hydrogen) atoms. The van der Waals surface area contributed by atoms with Crippen molar-refractivity contribution < 1.29 is 0 Å². The van der Waals surface area contributed by atoms with Crippen LogP contribution in [0.15, 0.2) is 42.5 Å². The Labute approximate surface area is 118 Å². The van der Waals surface area contributed by atoms with Crippen LogP contribution >= 0.6 is 0 Å². The molecule has 0 saturated carbocycles. The SMILES string of the molecule is [K][Se]C#Cc1ccc2ccccc2c1. The Morgan fingerprint density at radius 2 is 1.79 bits per heavy atom. The standard InChI is InChI=1S/C12H8Se.K/c13-8-7-10-5-6-11-3-1-2-4-12(11)9-10;/h1-6,9,13H;/q;+1/p-1. The zero-order valence-electron chi connectivity index (χ0n) is 7.95. The van der Waals surface area contributed by atoms with Gasteiger partial charge in [0.1, 0.15) is 0 Å². The quantitative estimate of drug-likeness (QED) is 0.506. The molecule has 0 radical (unpaired) electrons. The second-order valence-corrected chi connectivity index (χ2v) is 7.59. The van der Waals surface area contributed by atoms with Crippen LogP contribution in [0.25, 0.3) is 10.8 Å². The van der Waals surface area contributed by atoms with Crippen molar-refractivity contribution in [2.75, 3.05) is 0 Å². The van der Waals surface area contributed by atoms with E-state index >= 15 is 0 Å². The first-order chi connectivity index (χ1) is 6.90. The third-order valence-electron chi connectivity index (χ3n) is 2.05. The van der Waals surface area contributed by atoms with Crippen LogP contribution in [0.2, 0.25) is 0 Å². The molecule has 0 aliphatic heterocycles. The maximum absolute atomic E-state index is 3.23. The average Bonchev–Trinajstić information content (AvgIpc) is 2.26. The molecule has 2 rings (SSSR count). The summed E-state index contributed by atoms with van der Waals surface area (Å²) >= 11 is 0.907. The summed E-state index contributed by atoms with van der Waals surface area (Å²) in [6.07, 6.45) is 0. The van der Waals surface area contributed by atoms with Crippen LogP contribution in [-0.2, 0) is 0 Å². The molecule has 0 fully saturated rings. The Bertz CT molecular complexity index is 508. The van der Waals surface area contributed by atoms with Gasteiger partial charge in [-0.25, -0.2) is 0 Å². The molecule has 0 N–H and O–H groups in total. The first-order valence-electron chi connectivity index (χ1n) is 4.43. The Balaban J connectivity index is 2.51. The second kappa shape index (κ2) is 5.49. The fourth-order valence-corrected chi connectivity index (χ4v) is 2.67. The minimum absolute atomic E-state index is 0.624. The predicted molar refractivity (Wildman–Crippen MR) is 62.3 cm³/mol. The van der Waals surface area contributed by atoms with Crippen LogP contribution in [0.5, 0.6) is 0 Å². The zero-order chi connectivity index (χ0) is 9.80.